The topological polar surface area (TPSA) is 43.4 Å². The highest BCUT2D eigenvalue weighted by molar-refractivity contribution is 6.09. The van der Waals surface area contributed by atoms with Gasteiger partial charge in [-0.3, -0.25) is 9.59 Å². The predicted molar refractivity (Wildman–Crippen MR) is 59.1 cm³/mol. The Hall–Kier alpha value is -1.64. The first-order valence-corrected chi connectivity index (χ1v) is 5.32. The molecule has 0 aliphatic carbocycles. The Kier molecular flexibility index (Phi) is 2.54. The standard InChI is InChI=1S/C13H14O3/c1-13(2)8-10(12(15)16-13)11(14)9-6-4-3-5-7-9/h3-7,10H,8H2,1-2H3/t10-/m0/s1. The fraction of sp³-hybridized carbons (Fsp3) is 0.385. The van der Waals surface area contributed by atoms with E-state index >= 15 is 0 Å². The average molecular weight is 218 g/mol. The van der Waals surface area contributed by atoms with Crippen molar-refractivity contribution in [3.05, 3.63) is 35.9 Å². The second-order valence-electron chi connectivity index (χ2n) is 4.67. The minimum absolute atomic E-state index is 0.142. The van der Waals surface area contributed by atoms with Crippen LogP contribution in [-0.4, -0.2) is 17.4 Å². The van der Waals surface area contributed by atoms with Gasteiger partial charge < -0.3 is 4.74 Å². The highest BCUT2D eigenvalue weighted by Crippen LogP contribution is 2.32. The van der Waals surface area contributed by atoms with E-state index in [0.29, 0.717) is 12.0 Å². The zero-order valence-corrected chi connectivity index (χ0v) is 9.40. The number of hydrogen-bond donors (Lipinski definition) is 0. The van der Waals surface area contributed by atoms with Crippen LogP contribution in [0.2, 0.25) is 0 Å². The molecule has 84 valence electrons. The lowest BCUT2D eigenvalue weighted by atomic mass is 9.91. The van der Waals surface area contributed by atoms with Crippen molar-refractivity contribution >= 4 is 11.8 Å². The minimum atomic E-state index is -0.641. The summed E-state index contributed by atoms with van der Waals surface area (Å²) in [6.07, 6.45) is 0.458. The third kappa shape index (κ3) is 1.98. The monoisotopic (exact) mass is 218 g/mol. The highest BCUT2D eigenvalue weighted by Gasteiger charge is 2.44. The molecule has 1 aliphatic rings. The maximum absolute atomic E-state index is 12.0. The fourth-order valence-electron chi connectivity index (χ4n) is 1.96. The molecule has 1 fully saturated rings. The van der Waals surface area contributed by atoms with Crippen LogP contribution in [0.15, 0.2) is 30.3 Å². The van der Waals surface area contributed by atoms with Gasteiger partial charge in [0, 0.05) is 12.0 Å². The van der Waals surface area contributed by atoms with Crippen LogP contribution in [0, 0.1) is 5.92 Å². The SMILES string of the molecule is CC1(C)C[C@@H](C(=O)c2ccccc2)C(=O)O1. The van der Waals surface area contributed by atoms with Crippen molar-refractivity contribution < 1.29 is 14.3 Å². The largest absolute Gasteiger partial charge is 0.459 e. The molecule has 0 spiro atoms. The first-order valence-electron chi connectivity index (χ1n) is 5.32. The number of esters is 1. The number of Topliss-reactive ketones (excluding diaryl/α,β-unsaturated/α-hetero) is 1. The van der Waals surface area contributed by atoms with E-state index in [1.807, 2.05) is 19.9 Å². The van der Waals surface area contributed by atoms with Gasteiger partial charge in [-0.2, -0.15) is 0 Å². The summed E-state index contributed by atoms with van der Waals surface area (Å²) in [5.41, 5.74) is 0.0498. The van der Waals surface area contributed by atoms with Gasteiger partial charge in [0.1, 0.15) is 11.5 Å². The lowest BCUT2D eigenvalue weighted by molar-refractivity contribution is -0.147. The van der Waals surface area contributed by atoms with Crippen molar-refractivity contribution in [2.45, 2.75) is 25.9 Å². The van der Waals surface area contributed by atoms with Crippen molar-refractivity contribution in [3.63, 3.8) is 0 Å². The number of rotatable bonds is 2. The average Bonchev–Trinajstić information content (AvgIpc) is 2.52. The molecule has 2 rings (SSSR count). The zero-order valence-electron chi connectivity index (χ0n) is 9.40. The van der Waals surface area contributed by atoms with Crippen LogP contribution in [0.5, 0.6) is 0 Å². The summed E-state index contributed by atoms with van der Waals surface area (Å²) in [4.78, 5) is 23.6. The molecule has 0 bridgehead atoms. The fourth-order valence-corrected chi connectivity index (χ4v) is 1.96. The number of benzene rings is 1. The normalized spacial score (nSPS) is 22.9. The smallest absolute Gasteiger partial charge is 0.317 e. The van der Waals surface area contributed by atoms with Gasteiger partial charge in [-0.25, -0.2) is 0 Å². The molecule has 1 heterocycles. The number of carbonyl (C=O) groups excluding carboxylic acids is 2. The molecule has 0 aromatic heterocycles. The Balaban J connectivity index is 2.21. The predicted octanol–water partition coefficient (Wildman–Crippen LogP) is 2.21. The Labute approximate surface area is 94.4 Å². The van der Waals surface area contributed by atoms with Gasteiger partial charge in [-0.05, 0) is 13.8 Å². The van der Waals surface area contributed by atoms with E-state index in [1.165, 1.54) is 0 Å². The van der Waals surface area contributed by atoms with E-state index in [4.69, 9.17) is 4.74 Å². The third-order valence-electron chi connectivity index (χ3n) is 2.73. The number of cyclic esters (lactones) is 1. The maximum Gasteiger partial charge on any atom is 0.317 e. The van der Waals surface area contributed by atoms with E-state index in [-0.39, 0.29) is 5.78 Å². The summed E-state index contributed by atoms with van der Waals surface area (Å²) in [7, 11) is 0. The van der Waals surface area contributed by atoms with Gasteiger partial charge >= 0.3 is 5.97 Å². The van der Waals surface area contributed by atoms with E-state index in [0.717, 1.165) is 0 Å². The molecule has 1 aliphatic heterocycles. The van der Waals surface area contributed by atoms with Crippen LogP contribution in [0.4, 0.5) is 0 Å². The molecular formula is C13H14O3. The lowest BCUT2D eigenvalue weighted by Crippen LogP contribution is -2.19. The summed E-state index contributed by atoms with van der Waals surface area (Å²) in [5, 5.41) is 0. The van der Waals surface area contributed by atoms with E-state index in [1.54, 1.807) is 24.3 Å². The van der Waals surface area contributed by atoms with Crippen LogP contribution in [0.25, 0.3) is 0 Å². The molecule has 1 aromatic rings. The summed E-state index contributed by atoms with van der Waals surface area (Å²) >= 11 is 0. The minimum Gasteiger partial charge on any atom is -0.459 e. The van der Waals surface area contributed by atoms with E-state index in [9.17, 15) is 9.59 Å². The number of hydrogen-bond acceptors (Lipinski definition) is 3. The Morgan fingerprint density at radius 2 is 1.94 bits per heavy atom. The highest BCUT2D eigenvalue weighted by atomic mass is 16.6. The molecule has 0 unspecified atom stereocenters. The molecule has 16 heavy (non-hydrogen) atoms. The quantitative estimate of drug-likeness (QED) is 0.434. The Morgan fingerprint density at radius 1 is 1.31 bits per heavy atom. The van der Waals surface area contributed by atoms with E-state index in [2.05, 4.69) is 0 Å². The molecule has 1 aromatic carbocycles. The Morgan fingerprint density at radius 3 is 2.44 bits per heavy atom. The first kappa shape index (κ1) is 10.9. The second kappa shape index (κ2) is 3.74. The molecule has 1 saturated heterocycles. The lowest BCUT2D eigenvalue weighted by Gasteiger charge is -2.14. The molecule has 0 saturated carbocycles. The van der Waals surface area contributed by atoms with Gasteiger partial charge in [0.05, 0.1) is 0 Å². The van der Waals surface area contributed by atoms with Crippen LogP contribution < -0.4 is 0 Å². The summed E-state index contributed by atoms with van der Waals surface area (Å²) in [5.74, 6) is -1.19. The molecule has 0 amide bonds. The number of ketones is 1. The summed E-state index contributed by atoms with van der Waals surface area (Å²) in [6, 6.07) is 8.87. The first-order chi connectivity index (χ1) is 7.49. The molecule has 1 atom stereocenters. The van der Waals surface area contributed by atoms with Crippen LogP contribution in [0.3, 0.4) is 0 Å². The number of ether oxygens (including phenoxy) is 1. The molecule has 3 heteroatoms. The van der Waals surface area contributed by atoms with Crippen LogP contribution in [-0.2, 0) is 9.53 Å². The van der Waals surface area contributed by atoms with Crippen molar-refractivity contribution in [3.8, 4) is 0 Å². The van der Waals surface area contributed by atoms with Crippen molar-refractivity contribution in [1.29, 1.82) is 0 Å². The zero-order chi connectivity index (χ0) is 11.8. The van der Waals surface area contributed by atoms with Crippen molar-refractivity contribution in [1.82, 2.24) is 0 Å². The van der Waals surface area contributed by atoms with Crippen LogP contribution in [0.1, 0.15) is 30.6 Å². The Bertz CT molecular complexity index is 420. The van der Waals surface area contributed by atoms with Gasteiger partial charge in [0.2, 0.25) is 0 Å². The molecule has 3 nitrogen and oxygen atoms in total. The molecular weight excluding hydrogens is 204 g/mol. The third-order valence-corrected chi connectivity index (χ3v) is 2.73. The summed E-state index contributed by atoms with van der Waals surface area (Å²) in [6.45, 7) is 3.65. The van der Waals surface area contributed by atoms with Gasteiger partial charge in [-0.15, -0.1) is 0 Å². The van der Waals surface area contributed by atoms with Crippen molar-refractivity contribution in [2.75, 3.05) is 0 Å². The van der Waals surface area contributed by atoms with Crippen molar-refractivity contribution in [2.24, 2.45) is 5.92 Å². The van der Waals surface area contributed by atoms with E-state index < -0.39 is 17.5 Å². The van der Waals surface area contributed by atoms with Crippen LogP contribution >= 0.6 is 0 Å². The van der Waals surface area contributed by atoms with Gasteiger partial charge in [0.25, 0.3) is 0 Å². The number of carbonyl (C=O) groups is 2. The summed E-state index contributed by atoms with van der Waals surface area (Å²) < 4.78 is 5.14. The van der Waals surface area contributed by atoms with Gasteiger partial charge in [0.15, 0.2) is 5.78 Å². The van der Waals surface area contributed by atoms with Gasteiger partial charge in [-0.1, -0.05) is 30.3 Å². The molecule has 0 radical (unpaired) electrons. The molecule has 0 N–H and O–H groups in total. The maximum atomic E-state index is 12.0. The second-order valence-corrected chi connectivity index (χ2v) is 4.67.